The van der Waals surface area contributed by atoms with E-state index in [4.69, 9.17) is 9.47 Å². The third kappa shape index (κ3) is 7.36. The standard InChI is InChI=1S/C40H32Br2N2O2/c1-45-39-25-21-37(22-26-39)43(35-17-9-31(41)10-18-35)33-13-5-29(6-14-33)3-4-30-7-15-34(16-8-30)44(36-19-11-32(42)12-20-36)38-23-27-40(46-2)28-24-38/h3-28H,1-2H3/b4-3+. The lowest BCUT2D eigenvalue weighted by molar-refractivity contribution is 0.414. The Balaban J connectivity index is 1.23. The molecule has 0 heterocycles. The van der Waals surface area contributed by atoms with Crippen molar-refractivity contribution in [2.45, 2.75) is 0 Å². The highest BCUT2D eigenvalue weighted by atomic mass is 79.9. The molecule has 0 unspecified atom stereocenters. The highest BCUT2D eigenvalue weighted by Gasteiger charge is 2.14. The van der Waals surface area contributed by atoms with Crippen molar-refractivity contribution in [2.75, 3.05) is 24.0 Å². The fourth-order valence-corrected chi connectivity index (χ4v) is 5.73. The predicted molar refractivity (Wildman–Crippen MR) is 200 cm³/mol. The molecule has 0 spiro atoms. The summed E-state index contributed by atoms with van der Waals surface area (Å²) in [5, 5.41) is 0. The van der Waals surface area contributed by atoms with Crippen molar-refractivity contribution in [3.05, 3.63) is 166 Å². The van der Waals surface area contributed by atoms with Crippen LogP contribution < -0.4 is 19.3 Å². The molecule has 6 heteroatoms. The maximum absolute atomic E-state index is 5.38. The molecule has 0 bridgehead atoms. The van der Waals surface area contributed by atoms with Gasteiger partial charge in [0.2, 0.25) is 0 Å². The minimum atomic E-state index is 0.828. The first-order valence-electron chi connectivity index (χ1n) is 14.8. The number of rotatable bonds is 10. The van der Waals surface area contributed by atoms with Crippen LogP contribution in [0.5, 0.6) is 11.5 Å². The Morgan fingerprint density at radius 1 is 0.370 bits per heavy atom. The number of nitrogens with zero attached hydrogens (tertiary/aromatic N) is 2. The monoisotopic (exact) mass is 730 g/mol. The van der Waals surface area contributed by atoms with Gasteiger partial charge in [-0.05, 0) is 132 Å². The molecule has 0 fully saturated rings. The SMILES string of the molecule is COc1ccc(N(c2ccc(Br)cc2)c2ccc(/C=C/c3ccc(N(c4ccc(Br)cc4)c4ccc(OC)cc4)cc3)cc2)cc1. The second-order valence-corrected chi connectivity index (χ2v) is 12.4. The smallest absolute Gasteiger partial charge is 0.119 e. The molecule has 4 nitrogen and oxygen atoms in total. The fourth-order valence-electron chi connectivity index (χ4n) is 5.20. The Morgan fingerprint density at radius 2 is 0.609 bits per heavy atom. The van der Waals surface area contributed by atoms with Crippen LogP contribution in [0.2, 0.25) is 0 Å². The van der Waals surface area contributed by atoms with E-state index in [0.717, 1.165) is 65.7 Å². The molecular weight excluding hydrogens is 700 g/mol. The molecule has 6 aromatic carbocycles. The number of halogens is 2. The summed E-state index contributed by atoms with van der Waals surface area (Å²) in [4.78, 5) is 4.47. The quantitative estimate of drug-likeness (QED) is 0.131. The van der Waals surface area contributed by atoms with E-state index in [-0.39, 0.29) is 0 Å². The summed E-state index contributed by atoms with van der Waals surface area (Å²) in [6, 6.07) is 50.1. The van der Waals surface area contributed by atoms with Crippen molar-refractivity contribution in [1.29, 1.82) is 0 Å². The van der Waals surface area contributed by atoms with Gasteiger partial charge in [0.15, 0.2) is 0 Å². The molecule has 0 aliphatic carbocycles. The van der Waals surface area contributed by atoms with Crippen LogP contribution in [-0.2, 0) is 0 Å². The topological polar surface area (TPSA) is 24.9 Å². The first kappa shape index (κ1) is 31.2. The molecule has 0 aliphatic heterocycles. The minimum Gasteiger partial charge on any atom is -0.497 e. The molecule has 46 heavy (non-hydrogen) atoms. The van der Waals surface area contributed by atoms with E-state index in [9.17, 15) is 0 Å². The second-order valence-electron chi connectivity index (χ2n) is 10.5. The van der Waals surface area contributed by atoms with Crippen molar-refractivity contribution in [3.8, 4) is 11.5 Å². The molecule has 0 radical (unpaired) electrons. The Labute approximate surface area is 287 Å². The molecule has 0 saturated carbocycles. The summed E-state index contributed by atoms with van der Waals surface area (Å²) < 4.78 is 12.9. The summed E-state index contributed by atoms with van der Waals surface area (Å²) in [5.74, 6) is 1.66. The predicted octanol–water partition coefficient (Wildman–Crippen LogP) is 12.3. The van der Waals surface area contributed by atoms with Crippen LogP contribution in [0.1, 0.15) is 11.1 Å². The van der Waals surface area contributed by atoms with Crippen molar-refractivity contribution < 1.29 is 9.47 Å². The number of ether oxygens (including phenoxy) is 2. The molecule has 0 amide bonds. The number of hydrogen-bond donors (Lipinski definition) is 0. The van der Waals surface area contributed by atoms with Gasteiger partial charge >= 0.3 is 0 Å². The Morgan fingerprint density at radius 3 is 0.870 bits per heavy atom. The zero-order chi connectivity index (χ0) is 31.9. The molecule has 228 valence electrons. The van der Waals surface area contributed by atoms with E-state index in [1.807, 2.05) is 24.3 Å². The van der Waals surface area contributed by atoms with E-state index in [0.29, 0.717) is 0 Å². The molecule has 0 atom stereocenters. The van der Waals surface area contributed by atoms with Crippen LogP contribution >= 0.6 is 31.9 Å². The first-order chi connectivity index (χ1) is 22.5. The van der Waals surface area contributed by atoms with Crippen LogP contribution in [0.3, 0.4) is 0 Å². The average molecular weight is 733 g/mol. The average Bonchev–Trinajstić information content (AvgIpc) is 3.11. The minimum absolute atomic E-state index is 0.828. The number of methoxy groups -OCH3 is 2. The zero-order valence-electron chi connectivity index (χ0n) is 25.5. The summed E-state index contributed by atoms with van der Waals surface area (Å²) in [6.07, 6.45) is 4.29. The van der Waals surface area contributed by atoms with Gasteiger partial charge in [-0.3, -0.25) is 0 Å². The first-order valence-corrected chi connectivity index (χ1v) is 16.4. The molecule has 0 N–H and O–H groups in total. The number of anilines is 6. The molecule has 6 rings (SSSR count). The lowest BCUT2D eigenvalue weighted by Gasteiger charge is -2.26. The van der Waals surface area contributed by atoms with Crippen LogP contribution in [0.4, 0.5) is 34.1 Å². The van der Waals surface area contributed by atoms with Crippen LogP contribution in [-0.4, -0.2) is 14.2 Å². The maximum Gasteiger partial charge on any atom is 0.119 e. The van der Waals surface area contributed by atoms with Crippen LogP contribution in [0, 0.1) is 0 Å². The highest BCUT2D eigenvalue weighted by Crippen LogP contribution is 2.37. The molecule has 0 aliphatic rings. The second kappa shape index (κ2) is 14.5. The van der Waals surface area contributed by atoms with Crippen LogP contribution in [0.25, 0.3) is 12.2 Å². The molecule has 6 aromatic rings. The van der Waals surface area contributed by atoms with Gasteiger partial charge in [0.25, 0.3) is 0 Å². The van der Waals surface area contributed by atoms with E-state index < -0.39 is 0 Å². The maximum atomic E-state index is 5.38. The lowest BCUT2D eigenvalue weighted by Crippen LogP contribution is -2.09. The van der Waals surface area contributed by atoms with Crippen LogP contribution in [0.15, 0.2) is 155 Å². The molecular formula is C40H32Br2N2O2. The Bertz CT molecular complexity index is 1740. The van der Waals surface area contributed by atoms with Gasteiger partial charge in [-0.25, -0.2) is 0 Å². The Kier molecular flexibility index (Phi) is 9.87. The van der Waals surface area contributed by atoms with E-state index >= 15 is 0 Å². The van der Waals surface area contributed by atoms with Gasteiger partial charge < -0.3 is 19.3 Å². The van der Waals surface area contributed by atoms with E-state index in [1.54, 1.807) is 14.2 Å². The lowest BCUT2D eigenvalue weighted by atomic mass is 10.1. The fraction of sp³-hybridized carbons (Fsp3) is 0.0500. The summed E-state index contributed by atoms with van der Waals surface area (Å²) in [6.45, 7) is 0. The Hall–Kier alpha value is -4.78. The van der Waals surface area contributed by atoms with Gasteiger partial charge in [0.1, 0.15) is 11.5 Å². The van der Waals surface area contributed by atoms with Crippen molar-refractivity contribution in [1.82, 2.24) is 0 Å². The van der Waals surface area contributed by atoms with E-state index in [2.05, 4.69) is 175 Å². The van der Waals surface area contributed by atoms with Crippen molar-refractivity contribution >= 4 is 78.1 Å². The largest absolute Gasteiger partial charge is 0.497 e. The van der Waals surface area contributed by atoms with Gasteiger partial charge in [-0.2, -0.15) is 0 Å². The summed E-state index contributed by atoms with van der Waals surface area (Å²) in [5.41, 5.74) is 8.63. The molecule has 0 saturated heterocycles. The summed E-state index contributed by atoms with van der Waals surface area (Å²) >= 11 is 7.12. The van der Waals surface area contributed by atoms with Crippen molar-refractivity contribution in [2.24, 2.45) is 0 Å². The third-order valence-corrected chi connectivity index (χ3v) is 8.66. The number of hydrogen-bond acceptors (Lipinski definition) is 4. The van der Waals surface area contributed by atoms with Gasteiger partial charge in [-0.1, -0.05) is 68.3 Å². The number of benzene rings is 6. The van der Waals surface area contributed by atoms with Gasteiger partial charge in [-0.15, -0.1) is 0 Å². The normalized spacial score (nSPS) is 11.0. The third-order valence-electron chi connectivity index (χ3n) is 7.60. The van der Waals surface area contributed by atoms with Gasteiger partial charge in [0.05, 0.1) is 14.2 Å². The van der Waals surface area contributed by atoms with Crippen molar-refractivity contribution in [3.63, 3.8) is 0 Å². The zero-order valence-corrected chi connectivity index (χ0v) is 28.6. The molecule has 0 aromatic heterocycles. The van der Waals surface area contributed by atoms with Gasteiger partial charge in [0, 0.05) is 43.1 Å². The highest BCUT2D eigenvalue weighted by molar-refractivity contribution is 9.10. The van der Waals surface area contributed by atoms with E-state index in [1.165, 1.54) is 0 Å². The summed E-state index contributed by atoms with van der Waals surface area (Å²) in [7, 11) is 3.37.